The number of furan rings is 1. The molecule has 2 aromatic rings. The minimum absolute atomic E-state index is 0.330. The van der Waals surface area contributed by atoms with Gasteiger partial charge in [0.25, 0.3) is 0 Å². The van der Waals surface area contributed by atoms with Crippen LogP contribution in [0.2, 0.25) is 0 Å². The zero-order valence-corrected chi connectivity index (χ0v) is 11.5. The van der Waals surface area contributed by atoms with Crippen molar-refractivity contribution in [2.24, 2.45) is 0 Å². The number of aliphatic hydroxyl groups excluding tert-OH is 1. The molecule has 0 spiro atoms. The molecule has 0 radical (unpaired) electrons. The molecular weight excluding hydrogens is 242 g/mol. The van der Waals surface area contributed by atoms with Gasteiger partial charge in [0, 0.05) is 12.0 Å². The van der Waals surface area contributed by atoms with Gasteiger partial charge in [-0.3, -0.25) is 0 Å². The fraction of sp³-hybridized carbons (Fsp3) is 0.467. The first-order valence-corrected chi connectivity index (χ1v) is 6.54. The molecule has 0 aliphatic carbocycles. The molecule has 0 aliphatic heterocycles. The maximum Gasteiger partial charge on any atom is 0.133 e. The van der Waals surface area contributed by atoms with Crippen LogP contribution >= 0.6 is 0 Å². The van der Waals surface area contributed by atoms with Crippen LogP contribution in [0.3, 0.4) is 0 Å². The lowest BCUT2D eigenvalue weighted by Crippen LogP contribution is -2.16. The number of nitrogens with zero attached hydrogens (tertiary/aromatic N) is 1. The van der Waals surface area contributed by atoms with Crippen molar-refractivity contribution in [3.05, 3.63) is 36.1 Å². The second kappa shape index (κ2) is 6.70. The summed E-state index contributed by atoms with van der Waals surface area (Å²) < 4.78 is 10.8. The van der Waals surface area contributed by atoms with E-state index in [0.717, 1.165) is 29.5 Å². The van der Waals surface area contributed by atoms with Gasteiger partial charge < -0.3 is 19.2 Å². The van der Waals surface area contributed by atoms with E-state index >= 15 is 0 Å². The van der Waals surface area contributed by atoms with Gasteiger partial charge in [0.1, 0.15) is 11.7 Å². The summed E-state index contributed by atoms with van der Waals surface area (Å²) in [5.41, 5.74) is 1.70. The molecule has 19 heavy (non-hydrogen) atoms. The zero-order valence-electron chi connectivity index (χ0n) is 11.5. The van der Waals surface area contributed by atoms with Crippen molar-refractivity contribution in [3.8, 4) is 0 Å². The van der Waals surface area contributed by atoms with E-state index in [1.54, 1.807) is 6.26 Å². The van der Waals surface area contributed by atoms with E-state index in [2.05, 4.69) is 4.90 Å². The van der Waals surface area contributed by atoms with Crippen LogP contribution in [0, 0.1) is 0 Å². The molecule has 0 saturated carbocycles. The summed E-state index contributed by atoms with van der Waals surface area (Å²) in [5.74, 6) is 0. The van der Waals surface area contributed by atoms with E-state index in [-0.39, 0.29) is 0 Å². The lowest BCUT2D eigenvalue weighted by Gasteiger charge is -2.13. The van der Waals surface area contributed by atoms with Gasteiger partial charge in [-0.1, -0.05) is 6.07 Å². The molecular formula is C15H21NO3. The van der Waals surface area contributed by atoms with Gasteiger partial charge >= 0.3 is 0 Å². The Kier molecular flexibility index (Phi) is 4.96. The molecule has 1 unspecified atom stereocenters. The zero-order chi connectivity index (χ0) is 13.7. The van der Waals surface area contributed by atoms with Crippen LogP contribution in [0.25, 0.3) is 11.0 Å². The fourth-order valence-electron chi connectivity index (χ4n) is 1.97. The third-order valence-corrected chi connectivity index (χ3v) is 3.03. The Morgan fingerprint density at radius 2 is 2.16 bits per heavy atom. The lowest BCUT2D eigenvalue weighted by atomic mass is 10.1. The molecule has 0 fully saturated rings. The highest BCUT2D eigenvalue weighted by Crippen LogP contribution is 2.21. The van der Waals surface area contributed by atoms with Crippen molar-refractivity contribution in [3.63, 3.8) is 0 Å². The van der Waals surface area contributed by atoms with Crippen LogP contribution in [0.1, 0.15) is 18.1 Å². The van der Waals surface area contributed by atoms with E-state index in [4.69, 9.17) is 9.15 Å². The summed E-state index contributed by atoms with van der Waals surface area (Å²) in [6.45, 7) is 2.00. The molecule has 0 bridgehead atoms. The minimum Gasteiger partial charge on any atom is -0.464 e. The van der Waals surface area contributed by atoms with Gasteiger partial charge in [-0.25, -0.2) is 0 Å². The van der Waals surface area contributed by atoms with E-state index in [0.29, 0.717) is 13.2 Å². The molecule has 4 heteroatoms. The van der Waals surface area contributed by atoms with E-state index < -0.39 is 6.10 Å². The number of hydrogen-bond acceptors (Lipinski definition) is 4. The summed E-state index contributed by atoms with van der Waals surface area (Å²) >= 11 is 0. The third kappa shape index (κ3) is 4.06. The predicted octanol–water partition coefficient (Wildman–Crippen LogP) is 2.43. The number of rotatable bonds is 7. The highest BCUT2D eigenvalue weighted by atomic mass is 16.5. The molecule has 0 amide bonds. The molecule has 1 atom stereocenters. The van der Waals surface area contributed by atoms with Gasteiger partial charge in [0.05, 0.1) is 12.9 Å². The van der Waals surface area contributed by atoms with Crippen LogP contribution < -0.4 is 0 Å². The summed E-state index contributed by atoms with van der Waals surface area (Å²) in [6.07, 6.45) is 2.04. The predicted molar refractivity (Wildman–Crippen MR) is 75.2 cm³/mol. The fourth-order valence-corrected chi connectivity index (χ4v) is 1.97. The standard InChI is InChI=1S/C15H21NO3/c1-16(2)7-3-8-18-11-14(17)12-4-5-15-13(10-12)6-9-19-15/h4-6,9-10,14,17H,3,7-8,11H2,1-2H3. The summed E-state index contributed by atoms with van der Waals surface area (Å²) in [6, 6.07) is 7.58. The van der Waals surface area contributed by atoms with Crippen molar-refractivity contribution in [2.75, 3.05) is 33.9 Å². The molecule has 0 aliphatic rings. The maximum atomic E-state index is 10.1. The van der Waals surface area contributed by atoms with Gasteiger partial charge in [0.2, 0.25) is 0 Å². The van der Waals surface area contributed by atoms with Crippen LogP contribution in [0.15, 0.2) is 34.9 Å². The van der Waals surface area contributed by atoms with E-state index in [9.17, 15) is 5.11 Å². The Morgan fingerprint density at radius 1 is 1.32 bits per heavy atom. The minimum atomic E-state index is -0.585. The molecule has 1 N–H and O–H groups in total. The van der Waals surface area contributed by atoms with E-state index in [1.165, 1.54) is 0 Å². The molecule has 2 rings (SSSR count). The maximum absolute atomic E-state index is 10.1. The molecule has 1 heterocycles. The number of aliphatic hydroxyl groups is 1. The SMILES string of the molecule is CN(C)CCCOCC(O)c1ccc2occc2c1. The number of hydrogen-bond donors (Lipinski definition) is 1. The Balaban J connectivity index is 1.80. The molecule has 104 valence electrons. The normalized spacial score (nSPS) is 13.3. The third-order valence-electron chi connectivity index (χ3n) is 3.03. The Hall–Kier alpha value is -1.36. The first-order chi connectivity index (χ1) is 9.16. The highest BCUT2D eigenvalue weighted by Gasteiger charge is 2.09. The van der Waals surface area contributed by atoms with Crippen molar-refractivity contribution in [1.82, 2.24) is 4.90 Å². The van der Waals surface area contributed by atoms with Crippen LogP contribution in [0.4, 0.5) is 0 Å². The Bertz CT molecular complexity index is 507. The average Bonchev–Trinajstić information content (AvgIpc) is 2.84. The van der Waals surface area contributed by atoms with Crippen molar-refractivity contribution in [2.45, 2.75) is 12.5 Å². The molecule has 1 aromatic heterocycles. The second-order valence-electron chi connectivity index (χ2n) is 4.97. The van der Waals surface area contributed by atoms with Gasteiger partial charge in [-0.05, 0) is 50.8 Å². The quantitative estimate of drug-likeness (QED) is 0.779. The molecule has 4 nitrogen and oxygen atoms in total. The lowest BCUT2D eigenvalue weighted by molar-refractivity contribution is 0.0335. The van der Waals surface area contributed by atoms with Gasteiger partial charge in [-0.15, -0.1) is 0 Å². The smallest absolute Gasteiger partial charge is 0.133 e. The monoisotopic (exact) mass is 263 g/mol. The second-order valence-corrected chi connectivity index (χ2v) is 4.97. The number of fused-ring (bicyclic) bond motifs is 1. The average molecular weight is 263 g/mol. The van der Waals surface area contributed by atoms with Gasteiger partial charge in [0.15, 0.2) is 0 Å². The molecule has 0 saturated heterocycles. The van der Waals surface area contributed by atoms with Crippen LogP contribution in [-0.2, 0) is 4.74 Å². The van der Waals surface area contributed by atoms with Crippen molar-refractivity contribution >= 4 is 11.0 Å². The summed E-state index contributed by atoms with van der Waals surface area (Å²) in [5, 5.41) is 11.1. The van der Waals surface area contributed by atoms with Crippen LogP contribution in [0.5, 0.6) is 0 Å². The van der Waals surface area contributed by atoms with E-state index in [1.807, 2.05) is 38.4 Å². The number of benzene rings is 1. The Labute approximate surface area is 113 Å². The summed E-state index contributed by atoms with van der Waals surface area (Å²) in [7, 11) is 4.07. The van der Waals surface area contributed by atoms with Crippen molar-refractivity contribution in [1.29, 1.82) is 0 Å². The largest absolute Gasteiger partial charge is 0.464 e. The first-order valence-electron chi connectivity index (χ1n) is 6.54. The summed E-state index contributed by atoms with van der Waals surface area (Å²) in [4.78, 5) is 2.12. The molecule has 1 aromatic carbocycles. The number of ether oxygens (including phenoxy) is 1. The van der Waals surface area contributed by atoms with Crippen molar-refractivity contribution < 1.29 is 14.3 Å². The highest BCUT2D eigenvalue weighted by molar-refractivity contribution is 5.77. The first kappa shape index (κ1) is 14.1. The topological polar surface area (TPSA) is 45.8 Å². The van der Waals surface area contributed by atoms with Gasteiger partial charge in [-0.2, -0.15) is 0 Å². The van der Waals surface area contributed by atoms with Crippen LogP contribution in [-0.4, -0.2) is 43.9 Å². The Morgan fingerprint density at radius 3 is 2.95 bits per heavy atom.